The Balaban J connectivity index is 1.55. The molecule has 1 N–H and O–H groups in total. The fraction of sp³-hybridized carbons (Fsp3) is 0.115. The summed E-state index contributed by atoms with van der Waals surface area (Å²) in [7, 11) is 0. The van der Waals surface area contributed by atoms with Crippen molar-refractivity contribution in [2.45, 2.75) is 19.4 Å². The van der Waals surface area contributed by atoms with Gasteiger partial charge in [-0.15, -0.1) is 0 Å². The SMILES string of the molecule is CC[C@@H](Oc1cccc2ccccc12)C(=O)Nc1cc(Cl)ccc1Oc1ccccc1. The molecular formula is C26H22ClNO3. The van der Waals surface area contributed by atoms with Crippen LogP contribution in [-0.2, 0) is 4.79 Å². The molecule has 4 rings (SSSR count). The Morgan fingerprint density at radius 1 is 0.903 bits per heavy atom. The minimum Gasteiger partial charge on any atom is -0.480 e. The van der Waals surface area contributed by atoms with E-state index in [9.17, 15) is 4.79 Å². The van der Waals surface area contributed by atoms with E-state index in [1.807, 2.05) is 79.7 Å². The smallest absolute Gasteiger partial charge is 0.265 e. The molecule has 0 saturated heterocycles. The van der Waals surface area contributed by atoms with Crippen molar-refractivity contribution in [2.24, 2.45) is 0 Å². The number of rotatable bonds is 7. The minimum absolute atomic E-state index is 0.268. The van der Waals surface area contributed by atoms with E-state index < -0.39 is 6.10 Å². The first-order valence-corrected chi connectivity index (χ1v) is 10.5. The zero-order valence-electron chi connectivity index (χ0n) is 17.0. The molecule has 0 fully saturated rings. The predicted molar refractivity (Wildman–Crippen MR) is 125 cm³/mol. The number of amides is 1. The molecule has 4 nitrogen and oxygen atoms in total. The molecule has 4 aromatic carbocycles. The van der Waals surface area contributed by atoms with Crippen LogP contribution in [0.3, 0.4) is 0 Å². The molecule has 0 saturated carbocycles. The monoisotopic (exact) mass is 431 g/mol. The van der Waals surface area contributed by atoms with Gasteiger partial charge >= 0.3 is 0 Å². The minimum atomic E-state index is -0.672. The highest BCUT2D eigenvalue weighted by atomic mass is 35.5. The average molecular weight is 432 g/mol. The van der Waals surface area contributed by atoms with Gasteiger partial charge in [-0.3, -0.25) is 4.79 Å². The van der Waals surface area contributed by atoms with Gasteiger partial charge in [0.1, 0.15) is 11.5 Å². The van der Waals surface area contributed by atoms with Crippen LogP contribution in [0.15, 0.2) is 91.0 Å². The van der Waals surface area contributed by atoms with Crippen LogP contribution in [0, 0.1) is 0 Å². The van der Waals surface area contributed by atoms with Crippen molar-refractivity contribution in [3.05, 3.63) is 96.0 Å². The molecular weight excluding hydrogens is 410 g/mol. The summed E-state index contributed by atoms with van der Waals surface area (Å²) in [6.07, 6.45) is -0.167. The van der Waals surface area contributed by atoms with Gasteiger partial charge in [-0.2, -0.15) is 0 Å². The van der Waals surface area contributed by atoms with Gasteiger partial charge in [-0.25, -0.2) is 0 Å². The van der Waals surface area contributed by atoms with Crippen LogP contribution in [0.4, 0.5) is 5.69 Å². The lowest BCUT2D eigenvalue weighted by atomic mass is 10.1. The van der Waals surface area contributed by atoms with Crippen LogP contribution >= 0.6 is 11.6 Å². The van der Waals surface area contributed by atoms with Crippen molar-refractivity contribution >= 4 is 34.0 Å². The zero-order valence-corrected chi connectivity index (χ0v) is 17.8. The number of para-hydroxylation sites is 1. The maximum absolute atomic E-state index is 13.1. The van der Waals surface area contributed by atoms with Gasteiger partial charge in [0.15, 0.2) is 11.9 Å². The fourth-order valence-corrected chi connectivity index (χ4v) is 3.46. The lowest BCUT2D eigenvalue weighted by Gasteiger charge is -2.20. The molecule has 1 amide bonds. The highest BCUT2D eigenvalue weighted by Crippen LogP contribution is 2.33. The second-order valence-corrected chi connectivity index (χ2v) is 7.47. The number of fused-ring (bicyclic) bond motifs is 1. The number of hydrogen-bond acceptors (Lipinski definition) is 3. The van der Waals surface area contributed by atoms with E-state index in [0.29, 0.717) is 34.4 Å². The Kier molecular flexibility index (Phi) is 6.39. The summed E-state index contributed by atoms with van der Waals surface area (Å²) in [5.41, 5.74) is 0.487. The Morgan fingerprint density at radius 3 is 2.45 bits per heavy atom. The molecule has 0 heterocycles. The van der Waals surface area contributed by atoms with Gasteiger partial charge in [0.25, 0.3) is 5.91 Å². The lowest BCUT2D eigenvalue weighted by molar-refractivity contribution is -0.122. The third-order valence-corrected chi connectivity index (χ3v) is 5.09. The van der Waals surface area contributed by atoms with Gasteiger partial charge in [0.2, 0.25) is 0 Å². The molecule has 31 heavy (non-hydrogen) atoms. The van der Waals surface area contributed by atoms with Crippen LogP contribution in [0.25, 0.3) is 10.8 Å². The van der Waals surface area contributed by atoms with Crippen LogP contribution in [-0.4, -0.2) is 12.0 Å². The molecule has 0 bridgehead atoms. The maximum atomic E-state index is 13.1. The summed E-state index contributed by atoms with van der Waals surface area (Å²) in [4.78, 5) is 13.1. The summed E-state index contributed by atoms with van der Waals surface area (Å²) in [5, 5.41) is 5.44. The molecule has 0 aliphatic heterocycles. The van der Waals surface area contributed by atoms with Crippen LogP contribution in [0.1, 0.15) is 13.3 Å². The van der Waals surface area contributed by atoms with Gasteiger partial charge in [-0.1, -0.05) is 73.1 Å². The standard InChI is InChI=1S/C26H22ClNO3/c1-2-23(31-24-14-8-10-18-9-6-7-13-21(18)24)26(29)28-22-17-19(27)15-16-25(22)30-20-11-4-3-5-12-20/h3-17,23H,2H2,1H3,(H,28,29)/t23-/m1/s1. The van der Waals surface area contributed by atoms with Crippen molar-refractivity contribution < 1.29 is 14.3 Å². The lowest BCUT2D eigenvalue weighted by Crippen LogP contribution is -2.32. The number of anilines is 1. The van der Waals surface area contributed by atoms with E-state index in [2.05, 4.69) is 5.32 Å². The van der Waals surface area contributed by atoms with E-state index in [4.69, 9.17) is 21.1 Å². The zero-order chi connectivity index (χ0) is 21.6. The highest BCUT2D eigenvalue weighted by molar-refractivity contribution is 6.31. The summed E-state index contributed by atoms with van der Waals surface area (Å²) in [6, 6.07) is 28.2. The quantitative estimate of drug-likeness (QED) is 0.340. The molecule has 0 aromatic heterocycles. The first-order chi connectivity index (χ1) is 15.1. The first kappa shape index (κ1) is 20.8. The number of benzene rings is 4. The van der Waals surface area contributed by atoms with E-state index in [0.717, 1.165) is 10.8 Å². The predicted octanol–water partition coefficient (Wildman–Crippen LogP) is 7.08. The average Bonchev–Trinajstić information content (AvgIpc) is 2.80. The maximum Gasteiger partial charge on any atom is 0.265 e. The van der Waals surface area contributed by atoms with Crippen LogP contribution in [0.5, 0.6) is 17.2 Å². The van der Waals surface area contributed by atoms with E-state index in [-0.39, 0.29) is 5.91 Å². The van der Waals surface area contributed by atoms with Crippen LogP contribution < -0.4 is 14.8 Å². The van der Waals surface area contributed by atoms with Crippen LogP contribution in [0.2, 0.25) is 5.02 Å². The molecule has 0 spiro atoms. The molecule has 4 aromatic rings. The molecule has 0 unspecified atom stereocenters. The summed E-state index contributed by atoms with van der Waals surface area (Å²) in [5.74, 6) is 1.57. The van der Waals surface area contributed by atoms with Crippen molar-refractivity contribution in [3.63, 3.8) is 0 Å². The molecule has 0 aliphatic carbocycles. The van der Waals surface area contributed by atoms with E-state index >= 15 is 0 Å². The Labute approximate surface area is 186 Å². The number of nitrogens with one attached hydrogen (secondary N) is 1. The van der Waals surface area contributed by atoms with E-state index in [1.54, 1.807) is 18.2 Å². The first-order valence-electron chi connectivity index (χ1n) is 10.1. The second-order valence-electron chi connectivity index (χ2n) is 7.04. The fourth-order valence-electron chi connectivity index (χ4n) is 3.29. The third-order valence-electron chi connectivity index (χ3n) is 4.85. The summed E-state index contributed by atoms with van der Waals surface area (Å²) >= 11 is 6.17. The number of carbonyl (C=O) groups excluding carboxylic acids is 1. The van der Waals surface area contributed by atoms with Crippen molar-refractivity contribution in [2.75, 3.05) is 5.32 Å². The Hall–Kier alpha value is -3.50. The number of carbonyl (C=O) groups is 1. The molecule has 156 valence electrons. The third kappa shape index (κ3) is 4.98. The highest BCUT2D eigenvalue weighted by Gasteiger charge is 2.21. The van der Waals surface area contributed by atoms with Gasteiger partial charge in [-0.05, 0) is 48.2 Å². The Morgan fingerprint density at radius 2 is 1.65 bits per heavy atom. The van der Waals surface area contributed by atoms with Gasteiger partial charge in [0.05, 0.1) is 5.69 Å². The molecule has 0 aliphatic rings. The van der Waals surface area contributed by atoms with Gasteiger partial charge in [0, 0.05) is 10.4 Å². The number of halogens is 1. The van der Waals surface area contributed by atoms with Crippen molar-refractivity contribution in [1.29, 1.82) is 0 Å². The normalized spacial score (nSPS) is 11.7. The largest absolute Gasteiger partial charge is 0.480 e. The number of ether oxygens (including phenoxy) is 2. The Bertz CT molecular complexity index is 1190. The van der Waals surface area contributed by atoms with Gasteiger partial charge < -0.3 is 14.8 Å². The summed E-state index contributed by atoms with van der Waals surface area (Å²) in [6.45, 7) is 1.91. The topological polar surface area (TPSA) is 47.6 Å². The van der Waals surface area contributed by atoms with E-state index in [1.165, 1.54) is 0 Å². The number of hydrogen-bond donors (Lipinski definition) is 1. The van der Waals surface area contributed by atoms with Crippen molar-refractivity contribution in [3.8, 4) is 17.2 Å². The summed E-state index contributed by atoms with van der Waals surface area (Å²) < 4.78 is 12.1. The molecule has 5 heteroatoms. The second kappa shape index (κ2) is 9.54. The molecule has 1 atom stereocenters. The van der Waals surface area contributed by atoms with Crippen molar-refractivity contribution in [1.82, 2.24) is 0 Å². The molecule has 0 radical (unpaired) electrons.